The molecule has 0 bridgehead atoms. The first-order chi connectivity index (χ1) is 11.1. The van der Waals surface area contributed by atoms with Crippen LogP contribution in [-0.2, 0) is 11.3 Å². The van der Waals surface area contributed by atoms with Crippen molar-refractivity contribution in [3.05, 3.63) is 35.6 Å². The van der Waals surface area contributed by atoms with Crippen LogP contribution in [0.5, 0.6) is 0 Å². The fourth-order valence-electron chi connectivity index (χ4n) is 2.86. The van der Waals surface area contributed by atoms with Gasteiger partial charge in [-0.15, -0.1) is 0 Å². The second-order valence-electron chi connectivity index (χ2n) is 6.73. The minimum absolute atomic E-state index is 0.100. The molecule has 1 aromatic rings. The number of carbonyl (C=O) groups excluding carboxylic acids is 1. The van der Waals surface area contributed by atoms with Crippen LogP contribution in [-0.4, -0.2) is 29.4 Å². The number of benzene rings is 1. The van der Waals surface area contributed by atoms with Gasteiger partial charge in [-0.1, -0.05) is 38.3 Å². The molecule has 0 saturated heterocycles. The van der Waals surface area contributed by atoms with Gasteiger partial charge in [0.1, 0.15) is 5.82 Å². The van der Waals surface area contributed by atoms with E-state index in [1.165, 1.54) is 31.4 Å². The molecular weight excluding hydrogens is 291 g/mol. The van der Waals surface area contributed by atoms with Crippen molar-refractivity contribution in [2.45, 2.75) is 71.0 Å². The lowest BCUT2D eigenvalue weighted by molar-refractivity contribution is -0.123. The Morgan fingerprint density at radius 2 is 2.00 bits per heavy atom. The lowest BCUT2D eigenvalue weighted by Gasteiger charge is -2.23. The van der Waals surface area contributed by atoms with Crippen LogP contribution >= 0.6 is 0 Å². The Kier molecular flexibility index (Phi) is 7.03. The Morgan fingerprint density at radius 1 is 1.30 bits per heavy atom. The molecule has 128 valence electrons. The first-order valence-corrected chi connectivity index (χ1v) is 8.86. The van der Waals surface area contributed by atoms with E-state index in [4.69, 9.17) is 0 Å². The molecule has 1 atom stereocenters. The van der Waals surface area contributed by atoms with Crippen LogP contribution in [0.4, 0.5) is 4.39 Å². The molecule has 2 rings (SSSR count). The van der Waals surface area contributed by atoms with Gasteiger partial charge in [0, 0.05) is 18.6 Å². The van der Waals surface area contributed by atoms with Gasteiger partial charge in [-0.2, -0.15) is 0 Å². The van der Waals surface area contributed by atoms with Crippen molar-refractivity contribution < 1.29 is 9.18 Å². The zero-order valence-corrected chi connectivity index (χ0v) is 14.4. The molecule has 1 amide bonds. The normalized spacial score (nSPS) is 15.7. The van der Waals surface area contributed by atoms with Crippen molar-refractivity contribution in [3.63, 3.8) is 0 Å². The second kappa shape index (κ2) is 9.02. The van der Waals surface area contributed by atoms with Crippen LogP contribution in [0.25, 0.3) is 0 Å². The lowest BCUT2D eigenvalue weighted by atomic mass is 10.1. The standard InChI is InChI=1S/C19H29FN2O/c1-3-4-5-6-15(2)21-19(23)14-22(18-11-12-18)13-16-7-9-17(20)10-8-16/h7-10,15,18H,3-6,11-14H2,1-2H3,(H,21,23). The molecule has 0 heterocycles. The van der Waals surface area contributed by atoms with Crippen molar-refractivity contribution in [1.82, 2.24) is 10.2 Å². The molecule has 1 aliphatic carbocycles. The molecule has 0 radical (unpaired) electrons. The van der Waals surface area contributed by atoms with Crippen LogP contribution in [0, 0.1) is 5.82 Å². The number of amides is 1. The number of nitrogens with one attached hydrogen (secondary N) is 1. The summed E-state index contributed by atoms with van der Waals surface area (Å²) in [6.45, 7) is 5.41. The summed E-state index contributed by atoms with van der Waals surface area (Å²) < 4.78 is 13.0. The van der Waals surface area contributed by atoms with Crippen molar-refractivity contribution in [2.75, 3.05) is 6.54 Å². The van der Waals surface area contributed by atoms with E-state index in [1.807, 2.05) is 0 Å². The van der Waals surface area contributed by atoms with Gasteiger partial charge in [0.05, 0.1) is 6.54 Å². The molecule has 1 N–H and O–H groups in total. The molecule has 1 unspecified atom stereocenters. The number of rotatable bonds is 10. The third kappa shape index (κ3) is 6.69. The van der Waals surface area contributed by atoms with Crippen LogP contribution < -0.4 is 5.32 Å². The fraction of sp³-hybridized carbons (Fsp3) is 0.632. The molecule has 1 aliphatic rings. The molecular formula is C19H29FN2O. The van der Waals surface area contributed by atoms with E-state index >= 15 is 0 Å². The van der Waals surface area contributed by atoms with Gasteiger partial charge >= 0.3 is 0 Å². The predicted octanol–water partition coefficient (Wildman–Crippen LogP) is 3.88. The molecule has 0 spiro atoms. The van der Waals surface area contributed by atoms with Crippen molar-refractivity contribution in [3.8, 4) is 0 Å². The minimum Gasteiger partial charge on any atom is -0.353 e. The van der Waals surface area contributed by atoms with Gasteiger partial charge < -0.3 is 5.32 Å². The van der Waals surface area contributed by atoms with Gasteiger partial charge in [0.15, 0.2) is 0 Å². The number of carbonyl (C=O) groups is 1. The maximum absolute atomic E-state index is 13.0. The summed E-state index contributed by atoms with van der Waals surface area (Å²) in [4.78, 5) is 14.5. The Hall–Kier alpha value is -1.42. The quantitative estimate of drug-likeness (QED) is 0.664. The summed E-state index contributed by atoms with van der Waals surface area (Å²) in [5.74, 6) is -0.117. The first kappa shape index (κ1) is 17.9. The lowest BCUT2D eigenvalue weighted by Crippen LogP contribution is -2.41. The smallest absolute Gasteiger partial charge is 0.234 e. The SMILES string of the molecule is CCCCCC(C)NC(=O)CN(Cc1ccc(F)cc1)C1CC1. The largest absolute Gasteiger partial charge is 0.353 e. The summed E-state index contributed by atoms with van der Waals surface area (Å²) in [6, 6.07) is 7.31. The van der Waals surface area contributed by atoms with Crippen LogP contribution in [0.3, 0.4) is 0 Å². The number of halogens is 1. The number of hydrogen-bond donors (Lipinski definition) is 1. The highest BCUT2D eigenvalue weighted by Crippen LogP contribution is 2.28. The van der Waals surface area contributed by atoms with E-state index < -0.39 is 0 Å². The molecule has 1 aromatic carbocycles. The fourth-order valence-corrected chi connectivity index (χ4v) is 2.86. The number of unbranched alkanes of at least 4 members (excludes halogenated alkanes) is 2. The Morgan fingerprint density at radius 3 is 2.61 bits per heavy atom. The predicted molar refractivity (Wildman–Crippen MR) is 91.6 cm³/mol. The first-order valence-electron chi connectivity index (χ1n) is 8.86. The Bertz CT molecular complexity index is 485. The van der Waals surface area contributed by atoms with E-state index in [0.717, 1.165) is 24.8 Å². The van der Waals surface area contributed by atoms with E-state index in [2.05, 4.69) is 24.1 Å². The van der Waals surface area contributed by atoms with Crippen molar-refractivity contribution in [1.29, 1.82) is 0 Å². The van der Waals surface area contributed by atoms with Crippen LogP contribution in [0.2, 0.25) is 0 Å². The second-order valence-corrected chi connectivity index (χ2v) is 6.73. The maximum Gasteiger partial charge on any atom is 0.234 e. The zero-order valence-electron chi connectivity index (χ0n) is 14.4. The van der Waals surface area contributed by atoms with Gasteiger partial charge in [0.2, 0.25) is 5.91 Å². The maximum atomic E-state index is 13.0. The van der Waals surface area contributed by atoms with E-state index in [-0.39, 0.29) is 17.8 Å². The van der Waals surface area contributed by atoms with Crippen molar-refractivity contribution in [2.24, 2.45) is 0 Å². The third-order valence-electron chi connectivity index (χ3n) is 4.36. The summed E-state index contributed by atoms with van der Waals surface area (Å²) >= 11 is 0. The van der Waals surface area contributed by atoms with E-state index in [0.29, 0.717) is 19.1 Å². The third-order valence-corrected chi connectivity index (χ3v) is 4.36. The van der Waals surface area contributed by atoms with Gasteiger partial charge in [-0.05, 0) is 43.9 Å². The van der Waals surface area contributed by atoms with Gasteiger partial charge in [-0.3, -0.25) is 9.69 Å². The van der Waals surface area contributed by atoms with Gasteiger partial charge in [-0.25, -0.2) is 4.39 Å². The zero-order chi connectivity index (χ0) is 16.7. The highest BCUT2D eigenvalue weighted by atomic mass is 19.1. The number of hydrogen-bond acceptors (Lipinski definition) is 2. The molecule has 23 heavy (non-hydrogen) atoms. The Labute approximate surface area is 139 Å². The average Bonchev–Trinajstić information content (AvgIpc) is 3.33. The van der Waals surface area contributed by atoms with Crippen LogP contribution in [0.15, 0.2) is 24.3 Å². The summed E-state index contributed by atoms with van der Waals surface area (Å²) in [5.41, 5.74) is 1.06. The topological polar surface area (TPSA) is 32.3 Å². The van der Waals surface area contributed by atoms with Crippen molar-refractivity contribution >= 4 is 5.91 Å². The molecule has 3 nitrogen and oxygen atoms in total. The Balaban J connectivity index is 1.79. The van der Waals surface area contributed by atoms with E-state index in [1.54, 1.807) is 12.1 Å². The monoisotopic (exact) mass is 320 g/mol. The average molecular weight is 320 g/mol. The highest BCUT2D eigenvalue weighted by Gasteiger charge is 2.30. The van der Waals surface area contributed by atoms with E-state index in [9.17, 15) is 9.18 Å². The molecule has 1 saturated carbocycles. The molecule has 1 fully saturated rings. The number of nitrogens with zero attached hydrogens (tertiary/aromatic N) is 1. The molecule has 4 heteroatoms. The summed E-state index contributed by atoms with van der Waals surface area (Å²) in [5, 5.41) is 3.11. The minimum atomic E-state index is -0.217. The summed E-state index contributed by atoms with van der Waals surface area (Å²) in [7, 11) is 0. The van der Waals surface area contributed by atoms with Gasteiger partial charge in [0.25, 0.3) is 0 Å². The molecule has 0 aromatic heterocycles. The highest BCUT2D eigenvalue weighted by molar-refractivity contribution is 5.78. The molecule has 0 aliphatic heterocycles. The summed E-state index contributed by atoms with van der Waals surface area (Å²) in [6.07, 6.45) is 6.94. The van der Waals surface area contributed by atoms with Crippen LogP contribution in [0.1, 0.15) is 57.9 Å².